The molecule has 0 radical (unpaired) electrons. The summed E-state index contributed by atoms with van der Waals surface area (Å²) < 4.78 is 47.4. The molecule has 1 aliphatic heterocycles. The molecule has 1 heterocycles. The summed E-state index contributed by atoms with van der Waals surface area (Å²) in [6.45, 7) is 3.19. The van der Waals surface area contributed by atoms with Gasteiger partial charge in [-0.15, -0.1) is 0 Å². The van der Waals surface area contributed by atoms with Gasteiger partial charge < -0.3 is 40.3 Å². The molecular weight excluding hydrogens is 719 g/mol. The van der Waals surface area contributed by atoms with Gasteiger partial charge in [0.2, 0.25) is 5.91 Å². The van der Waals surface area contributed by atoms with E-state index in [9.17, 15) is 38.7 Å². The van der Waals surface area contributed by atoms with Crippen LogP contribution >= 0.6 is 0 Å². The van der Waals surface area contributed by atoms with E-state index < -0.39 is 78.5 Å². The van der Waals surface area contributed by atoms with Crippen LogP contribution in [0.5, 0.6) is 0 Å². The van der Waals surface area contributed by atoms with E-state index in [-0.39, 0.29) is 6.42 Å². The van der Waals surface area contributed by atoms with Crippen molar-refractivity contribution in [1.82, 2.24) is 5.32 Å². The van der Waals surface area contributed by atoms with Gasteiger partial charge in [0.15, 0.2) is 6.29 Å². The molecule has 1 amide bonds. The van der Waals surface area contributed by atoms with Crippen molar-refractivity contribution in [2.24, 2.45) is 0 Å². The Kier molecular flexibility index (Phi) is 30.0. The number of ether oxygens (including phenoxy) is 2. The summed E-state index contributed by atoms with van der Waals surface area (Å²) in [5.41, 5.74) is 0. The van der Waals surface area contributed by atoms with Crippen molar-refractivity contribution in [2.75, 3.05) is 13.2 Å². The first kappa shape index (κ1) is 50.8. The van der Waals surface area contributed by atoms with Crippen molar-refractivity contribution in [2.45, 2.75) is 223 Å². The van der Waals surface area contributed by atoms with Crippen LogP contribution in [0, 0.1) is 0 Å². The number of aliphatic hydroxyl groups is 5. The molecule has 0 aromatic rings. The fourth-order valence-corrected chi connectivity index (χ4v) is 7.27. The minimum Gasteiger partial charge on any atom is -0.394 e. The van der Waals surface area contributed by atoms with Crippen molar-refractivity contribution in [1.29, 1.82) is 0 Å². The zero-order valence-corrected chi connectivity index (χ0v) is 34.2. The standard InChI is InChI=1S/C40H77NO12S/c1-3-5-7-9-11-13-14-15-16-17-18-19-20-21-23-24-26-28-33(43)32(41-39(47)34(44)29-27-25-22-12-10-8-6-4-2)31-51-40-37(46)38(53-54(48,49)50)36(45)35(30-42)52-40/h22,25,32-38,40,42-46H,3-21,23-24,26-31H2,1-2H3,(H,41,47)(H,48,49,50)/b25-22-. The molecule has 1 aliphatic rings. The lowest BCUT2D eigenvalue weighted by Gasteiger charge is -2.41. The fraction of sp³-hybridized carbons (Fsp3) is 0.925. The van der Waals surface area contributed by atoms with Gasteiger partial charge in [0.25, 0.3) is 0 Å². The maximum Gasteiger partial charge on any atom is 0.397 e. The second-order valence-corrected chi connectivity index (χ2v) is 16.1. The third-order valence-electron chi connectivity index (χ3n) is 10.2. The number of carbonyl (C=O) groups is 1. The monoisotopic (exact) mass is 796 g/mol. The lowest BCUT2D eigenvalue weighted by molar-refractivity contribution is -0.298. The minimum atomic E-state index is -5.10. The van der Waals surface area contributed by atoms with Gasteiger partial charge in [-0.05, 0) is 32.1 Å². The Morgan fingerprint density at radius 1 is 0.722 bits per heavy atom. The molecule has 54 heavy (non-hydrogen) atoms. The topological polar surface area (TPSA) is 212 Å². The molecule has 0 spiro atoms. The number of aliphatic hydroxyl groups excluding tert-OH is 5. The van der Waals surface area contributed by atoms with Gasteiger partial charge in [-0.3, -0.25) is 9.35 Å². The van der Waals surface area contributed by atoms with Crippen LogP contribution in [-0.4, -0.2) is 107 Å². The number of unbranched alkanes of at least 4 members (excludes halogenated alkanes) is 20. The second kappa shape index (κ2) is 31.8. The van der Waals surface area contributed by atoms with E-state index in [1.807, 2.05) is 12.2 Å². The first-order valence-corrected chi connectivity index (χ1v) is 22.5. The molecule has 1 saturated heterocycles. The molecule has 8 atom stereocenters. The number of nitrogens with one attached hydrogen (secondary N) is 1. The number of carbonyl (C=O) groups excluding carboxylic acids is 1. The number of amides is 1. The van der Waals surface area contributed by atoms with E-state index >= 15 is 0 Å². The zero-order valence-electron chi connectivity index (χ0n) is 33.4. The summed E-state index contributed by atoms with van der Waals surface area (Å²) in [5, 5.41) is 55.0. The molecule has 320 valence electrons. The molecule has 0 aliphatic carbocycles. The molecule has 7 N–H and O–H groups in total. The number of hydrogen-bond donors (Lipinski definition) is 7. The van der Waals surface area contributed by atoms with Gasteiger partial charge in [0.05, 0.1) is 25.4 Å². The largest absolute Gasteiger partial charge is 0.397 e. The lowest BCUT2D eigenvalue weighted by Crippen LogP contribution is -2.61. The van der Waals surface area contributed by atoms with E-state index in [1.54, 1.807) is 0 Å². The normalized spacial score (nSPS) is 22.4. The zero-order chi connectivity index (χ0) is 40.0. The molecule has 8 unspecified atom stereocenters. The van der Waals surface area contributed by atoms with Crippen LogP contribution in [0.1, 0.15) is 174 Å². The predicted octanol–water partition coefficient (Wildman–Crippen LogP) is 6.19. The molecule has 14 heteroatoms. The fourth-order valence-electron chi connectivity index (χ4n) is 6.76. The van der Waals surface area contributed by atoms with Gasteiger partial charge in [-0.1, -0.05) is 154 Å². The molecule has 1 fully saturated rings. The van der Waals surface area contributed by atoms with Crippen LogP contribution in [0.15, 0.2) is 12.2 Å². The maximum atomic E-state index is 13.0. The average Bonchev–Trinajstić information content (AvgIpc) is 3.14. The predicted molar refractivity (Wildman–Crippen MR) is 210 cm³/mol. The lowest BCUT2D eigenvalue weighted by atomic mass is 9.99. The van der Waals surface area contributed by atoms with E-state index in [2.05, 4.69) is 23.3 Å². The maximum absolute atomic E-state index is 13.0. The molecule has 13 nitrogen and oxygen atoms in total. The quantitative estimate of drug-likeness (QED) is 0.0218. The number of rotatable bonds is 35. The minimum absolute atomic E-state index is 0.176. The third kappa shape index (κ3) is 24.4. The Labute approximate surface area is 326 Å². The molecular formula is C40H77NO12S. The van der Waals surface area contributed by atoms with Crippen molar-refractivity contribution in [3.63, 3.8) is 0 Å². The second-order valence-electron chi connectivity index (χ2n) is 15.1. The van der Waals surface area contributed by atoms with Crippen LogP contribution in [0.4, 0.5) is 0 Å². The third-order valence-corrected chi connectivity index (χ3v) is 10.7. The summed E-state index contributed by atoms with van der Waals surface area (Å²) in [7, 11) is -5.10. The molecule has 0 aromatic heterocycles. The highest BCUT2D eigenvalue weighted by molar-refractivity contribution is 7.80. The Morgan fingerprint density at radius 3 is 1.70 bits per heavy atom. The van der Waals surface area contributed by atoms with E-state index in [4.69, 9.17) is 14.0 Å². The van der Waals surface area contributed by atoms with Crippen molar-refractivity contribution in [3.8, 4) is 0 Å². The average molecular weight is 796 g/mol. The summed E-state index contributed by atoms with van der Waals surface area (Å²) in [5.74, 6) is -0.706. The van der Waals surface area contributed by atoms with Crippen LogP contribution in [0.25, 0.3) is 0 Å². The van der Waals surface area contributed by atoms with Crippen molar-refractivity contribution >= 4 is 16.3 Å². The van der Waals surface area contributed by atoms with Gasteiger partial charge in [-0.2, -0.15) is 8.42 Å². The highest BCUT2D eigenvalue weighted by Gasteiger charge is 2.48. The van der Waals surface area contributed by atoms with Gasteiger partial charge in [0, 0.05) is 0 Å². The van der Waals surface area contributed by atoms with Crippen LogP contribution < -0.4 is 5.32 Å². The molecule has 0 bridgehead atoms. The van der Waals surface area contributed by atoms with Gasteiger partial charge >= 0.3 is 10.4 Å². The first-order valence-electron chi connectivity index (χ1n) is 21.2. The first-order chi connectivity index (χ1) is 25.9. The smallest absolute Gasteiger partial charge is 0.394 e. The Morgan fingerprint density at radius 2 is 1.20 bits per heavy atom. The van der Waals surface area contributed by atoms with Crippen LogP contribution in [-0.2, 0) is 28.9 Å². The summed E-state index contributed by atoms with van der Waals surface area (Å²) in [6, 6.07) is -1.04. The molecule has 0 saturated carbocycles. The van der Waals surface area contributed by atoms with Crippen LogP contribution in [0.3, 0.4) is 0 Å². The van der Waals surface area contributed by atoms with E-state index in [1.165, 1.54) is 89.9 Å². The number of hydrogen-bond acceptors (Lipinski definition) is 11. The highest BCUT2D eigenvalue weighted by Crippen LogP contribution is 2.26. The van der Waals surface area contributed by atoms with Gasteiger partial charge in [0.1, 0.15) is 30.5 Å². The number of allylic oxidation sites excluding steroid dienone is 2. The SMILES string of the molecule is CCCCCC/C=C\CCC(O)C(=O)NC(COC1OC(CO)C(O)C(OS(=O)(=O)O)C1O)C(O)CCCCCCCCCCCCCCCCCCC. The van der Waals surface area contributed by atoms with E-state index in [0.29, 0.717) is 19.3 Å². The Balaban J connectivity index is 2.59. The summed E-state index contributed by atoms with van der Waals surface area (Å²) >= 11 is 0. The van der Waals surface area contributed by atoms with Crippen molar-refractivity contribution < 1.29 is 57.0 Å². The Bertz CT molecular complexity index is 1050. The van der Waals surface area contributed by atoms with E-state index in [0.717, 1.165) is 44.9 Å². The van der Waals surface area contributed by atoms with Gasteiger partial charge in [-0.25, -0.2) is 4.18 Å². The van der Waals surface area contributed by atoms with Crippen molar-refractivity contribution in [3.05, 3.63) is 12.2 Å². The summed E-state index contributed by atoms with van der Waals surface area (Å²) in [4.78, 5) is 13.0. The molecule has 1 rings (SSSR count). The highest BCUT2D eigenvalue weighted by atomic mass is 32.3. The molecule has 0 aromatic carbocycles. The Hall–Kier alpha value is -1.20. The van der Waals surface area contributed by atoms with Crippen LogP contribution in [0.2, 0.25) is 0 Å². The summed E-state index contributed by atoms with van der Waals surface area (Å²) in [6.07, 6.45) is 20.1.